The summed E-state index contributed by atoms with van der Waals surface area (Å²) in [5.74, 6) is 1.09. The first kappa shape index (κ1) is 14.8. The molecule has 1 aromatic rings. The SMILES string of the molecule is COc1cc(C)c(CN(C)C(=O)CC#N)cc1OC. The molecular formula is C14H18N2O3. The fourth-order valence-corrected chi connectivity index (χ4v) is 1.74. The Labute approximate surface area is 113 Å². The van der Waals surface area contributed by atoms with E-state index in [1.165, 1.54) is 4.90 Å². The molecule has 1 amide bonds. The summed E-state index contributed by atoms with van der Waals surface area (Å²) in [5, 5.41) is 8.52. The third-order valence-electron chi connectivity index (χ3n) is 2.91. The van der Waals surface area contributed by atoms with Gasteiger partial charge in [0.05, 0.1) is 20.3 Å². The van der Waals surface area contributed by atoms with Crippen molar-refractivity contribution in [2.24, 2.45) is 0 Å². The maximum atomic E-state index is 11.6. The van der Waals surface area contributed by atoms with E-state index in [-0.39, 0.29) is 12.3 Å². The van der Waals surface area contributed by atoms with Crippen LogP contribution in [0.25, 0.3) is 0 Å². The molecule has 0 aliphatic rings. The molecule has 0 atom stereocenters. The number of hydrogen-bond donors (Lipinski definition) is 0. The molecular weight excluding hydrogens is 244 g/mol. The van der Waals surface area contributed by atoms with E-state index in [1.54, 1.807) is 21.3 Å². The molecule has 0 fully saturated rings. The van der Waals surface area contributed by atoms with Crippen LogP contribution < -0.4 is 9.47 Å². The zero-order valence-electron chi connectivity index (χ0n) is 11.7. The minimum Gasteiger partial charge on any atom is -0.493 e. The Morgan fingerprint density at radius 1 is 1.32 bits per heavy atom. The molecule has 0 saturated heterocycles. The zero-order valence-corrected chi connectivity index (χ0v) is 11.7. The van der Waals surface area contributed by atoms with Crippen LogP contribution in [-0.4, -0.2) is 32.1 Å². The molecule has 0 spiro atoms. The Morgan fingerprint density at radius 3 is 2.42 bits per heavy atom. The normalized spacial score (nSPS) is 9.63. The average Bonchev–Trinajstić information content (AvgIpc) is 2.40. The molecule has 5 heteroatoms. The van der Waals surface area contributed by atoms with E-state index in [4.69, 9.17) is 14.7 Å². The second-order valence-electron chi connectivity index (χ2n) is 4.22. The third-order valence-corrected chi connectivity index (χ3v) is 2.91. The van der Waals surface area contributed by atoms with E-state index in [1.807, 2.05) is 25.1 Å². The lowest BCUT2D eigenvalue weighted by Gasteiger charge is -2.19. The molecule has 0 bridgehead atoms. The Hall–Kier alpha value is -2.22. The lowest BCUT2D eigenvalue weighted by Crippen LogP contribution is -2.25. The van der Waals surface area contributed by atoms with Crippen molar-refractivity contribution in [1.29, 1.82) is 5.26 Å². The van der Waals surface area contributed by atoms with E-state index in [9.17, 15) is 4.79 Å². The molecule has 0 heterocycles. The topological polar surface area (TPSA) is 62.6 Å². The van der Waals surface area contributed by atoms with Crippen LogP contribution >= 0.6 is 0 Å². The van der Waals surface area contributed by atoms with Crippen molar-refractivity contribution in [2.75, 3.05) is 21.3 Å². The highest BCUT2D eigenvalue weighted by Gasteiger charge is 2.13. The van der Waals surface area contributed by atoms with Crippen molar-refractivity contribution < 1.29 is 14.3 Å². The molecule has 102 valence electrons. The number of nitriles is 1. The second-order valence-corrected chi connectivity index (χ2v) is 4.22. The van der Waals surface area contributed by atoms with Gasteiger partial charge in [0.1, 0.15) is 6.42 Å². The molecule has 1 rings (SSSR count). The Bertz CT molecular complexity index is 506. The summed E-state index contributed by atoms with van der Waals surface area (Å²) in [6, 6.07) is 5.58. The van der Waals surface area contributed by atoms with Crippen LogP contribution in [0.5, 0.6) is 11.5 Å². The van der Waals surface area contributed by atoms with Gasteiger partial charge in [0.15, 0.2) is 11.5 Å². The fraction of sp³-hybridized carbons (Fsp3) is 0.429. The van der Waals surface area contributed by atoms with E-state index < -0.39 is 0 Å². The van der Waals surface area contributed by atoms with Crippen LogP contribution in [0.15, 0.2) is 12.1 Å². The highest BCUT2D eigenvalue weighted by Crippen LogP contribution is 2.30. The predicted molar refractivity (Wildman–Crippen MR) is 71.0 cm³/mol. The predicted octanol–water partition coefficient (Wildman–Crippen LogP) is 1.88. The number of amides is 1. The van der Waals surface area contributed by atoms with Gasteiger partial charge in [-0.3, -0.25) is 4.79 Å². The number of nitrogens with zero attached hydrogens (tertiary/aromatic N) is 2. The maximum Gasteiger partial charge on any atom is 0.236 e. The van der Waals surface area contributed by atoms with Crippen LogP contribution in [0.2, 0.25) is 0 Å². The van der Waals surface area contributed by atoms with Crippen molar-refractivity contribution >= 4 is 5.91 Å². The van der Waals surface area contributed by atoms with Crippen molar-refractivity contribution in [3.63, 3.8) is 0 Å². The van der Waals surface area contributed by atoms with Gasteiger partial charge >= 0.3 is 0 Å². The van der Waals surface area contributed by atoms with Crippen LogP contribution in [0.3, 0.4) is 0 Å². The maximum absolute atomic E-state index is 11.6. The molecule has 0 N–H and O–H groups in total. The van der Waals surface area contributed by atoms with Gasteiger partial charge in [-0.15, -0.1) is 0 Å². The fourth-order valence-electron chi connectivity index (χ4n) is 1.74. The lowest BCUT2D eigenvalue weighted by atomic mass is 10.1. The number of benzene rings is 1. The minimum absolute atomic E-state index is 0.108. The monoisotopic (exact) mass is 262 g/mol. The number of carbonyl (C=O) groups is 1. The first-order valence-electron chi connectivity index (χ1n) is 5.85. The van der Waals surface area contributed by atoms with Gasteiger partial charge in [-0.25, -0.2) is 0 Å². The number of aryl methyl sites for hydroxylation is 1. The van der Waals surface area contributed by atoms with Crippen LogP contribution in [0.4, 0.5) is 0 Å². The summed E-state index contributed by atoms with van der Waals surface area (Å²) < 4.78 is 10.5. The number of ether oxygens (including phenoxy) is 2. The van der Waals surface area contributed by atoms with Gasteiger partial charge in [-0.2, -0.15) is 5.26 Å². The van der Waals surface area contributed by atoms with E-state index in [2.05, 4.69) is 0 Å². The Balaban J connectivity index is 2.96. The van der Waals surface area contributed by atoms with Crippen LogP contribution in [0, 0.1) is 18.3 Å². The Morgan fingerprint density at radius 2 is 1.89 bits per heavy atom. The summed E-state index contributed by atoms with van der Waals surface area (Å²) in [7, 11) is 4.83. The first-order chi connectivity index (χ1) is 9.03. The Kier molecular flexibility index (Phi) is 5.19. The standard InChI is InChI=1S/C14H18N2O3/c1-10-7-12(18-3)13(19-4)8-11(10)9-16(2)14(17)5-6-15/h7-8H,5,9H2,1-4H3. The third kappa shape index (κ3) is 3.62. The van der Waals surface area contributed by atoms with E-state index >= 15 is 0 Å². The summed E-state index contributed by atoms with van der Waals surface area (Å²) >= 11 is 0. The summed E-state index contributed by atoms with van der Waals surface area (Å²) in [6.45, 7) is 2.38. The molecule has 1 aromatic carbocycles. The molecule has 0 aromatic heterocycles. The summed E-state index contributed by atoms with van der Waals surface area (Å²) in [4.78, 5) is 13.1. The second kappa shape index (κ2) is 6.64. The van der Waals surface area contributed by atoms with Gasteiger partial charge < -0.3 is 14.4 Å². The first-order valence-corrected chi connectivity index (χ1v) is 5.85. The van der Waals surface area contributed by atoms with Crippen molar-refractivity contribution in [3.8, 4) is 17.6 Å². The van der Waals surface area contributed by atoms with Crippen molar-refractivity contribution in [1.82, 2.24) is 4.90 Å². The zero-order chi connectivity index (χ0) is 14.4. The van der Waals surface area contributed by atoms with E-state index in [0.717, 1.165) is 11.1 Å². The number of rotatable bonds is 5. The highest BCUT2D eigenvalue weighted by atomic mass is 16.5. The number of carbonyl (C=O) groups excluding carboxylic acids is 1. The van der Waals surface area contributed by atoms with Gasteiger partial charge in [0.25, 0.3) is 0 Å². The highest BCUT2D eigenvalue weighted by molar-refractivity contribution is 5.78. The number of hydrogen-bond acceptors (Lipinski definition) is 4. The smallest absolute Gasteiger partial charge is 0.236 e. The largest absolute Gasteiger partial charge is 0.493 e. The molecule has 5 nitrogen and oxygen atoms in total. The molecule has 19 heavy (non-hydrogen) atoms. The van der Waals surface area contributed by atoms with Crippen molar-refractivity contribution in [3.05, 3.63) is 23.3 Å². The molecule has 0 saturated carbocycles. The van der Waals surface area contributed by atoms with Gasteiger partial charge in [-0.1, -0.05) is 0 Å². The molecule has 0 radical (unpaired) electrons. The van der Waals surface area contributed by atoms with Gasteiger partial charge in [0, 0.05) is 13.6 Å². The number of methoxy groups -OCH3 is 2. The quantitative estimate of drug-likeness (QED) is 0.812. The van der Waals surface area contributed by atoms with Crippen LogP contribution in [0.1, 0.15) is 17.5 Å². The van der Waals surface area contributed by atoms with Gasteiger partial charge in [-0.05, 0) is 30.2 Å². The minimum atomic E-state index is -0.198. The average molecular weight is 262 g/mol. The summed E-state index contributed by atoms with van der Waals surface area (Å²) in [6.07, 6.45) is -0.108. The molecule has 0 aliphatic carbocycles. The molecule has 0 unspecified atom stereocenters. The van der Waals surface area contributed by atoms with Crippen molar-refractivity contribution in [2.45, 2.75) is 19.9 Å². The van der Waals surface area contributed by atoms with Crippen LogP contribution in [-0.2, 0) is 11.3 Å². The van der Waals surface area contributed by atoms with Gasteiger partial charge in [0.2, 0.25) is 5.91 Å². The molecule has 0 aliphatic heterocycles. The van der Waals surface area contributed by atoms with E-state index in [0.29, 0.717) is 18.0 Å². The summed E-state index contributed by atoms with van der Waals surface area (Å²) in [5.41, 5.74) is 1.97. The lowest BCUT2D eigenvalue weighted by molar-refractivity contribution is -0.129.